The Kier molecular flexibility index (Phi) is 2.94. The van der Waals surface area contributed by atoms with Gasteiger partial charge in [0.05, 0.1) is 0 Å². The Hall–Kier alpha value is -1.26. The van der Waals surface area contributed by atoms with Gasteiger partial charge in [0.25, 0.3) is 0 Å². The SMILES string of the molecule is CN(C(=O)OC(C)(C)C)C1(C(=O)O)CC1(C)C. The van der Waals surface area contributed by atoms with Crippen LogP contribution in [0.5, 0.6) is 0 Å². The number of hydrogen-bond donors (Lipinski definition) is 1. The average molecular weight is 243 g/mol. The molecule has 1 aliphatic carbocycles. The summed E-state index contributed by atoms with van der Waals surface area (Å²) in [5, 5.41) is 9.31. The van der Waals surface area contributed by atoms with Gasteiger partial charge < -0.3 is 9.84 Å². The Morgan fingerprint density at radius 1 is 1.29 bits per heavy atom. The first-order valence-electron chi connectivity index (χ1n) is 5.64. The summed E-state index contributed by atoms with van der Waals surface area (Å²) in [6.45, 7) is 8.93. The second-order valence-corrected chi connectivity index (χ2v) is 6.27. The van der Waals surface area contributed by atoms with Crippen LogP contribution in [0.4, 0.5) is 4.79 Å². The van der Waals surface area contributed by atoms with Gasteiger partial charge in [-0.15, -0.1) is 0 Å². The van der Waals surface area contributed by atoms with Crippen molar-refractivity contribution in [3.8, 4) is 0 Å². The first kappa shape index (κ1) is 13.8. The average Bonchev–Trinajstić information content (AvgIpc) is 2.66. The van der Waals surface area contributed by atoms with Crippen molar-refractivity contribution in [2.45, 2.75) is 52.2 Å². The van der Waals surface area contributed by atoms with Crippen LogP contribution in [0.3, 0.4) is 0 Å². The smallest absolute Gasteiger partial charge is 0.411 e. The maximum Gasteiger partial charge on any atom is 0.411 e. The van der Waals surface area contributed by atoms with E-state index in [9.17, 15) is 14.7 Å². The van der Waals surface area contributed by atoms with E-state index in [1.54, 1.807) is 20.8 Å². The summed E-state index contributed by atoms with van der Waals surface area (Å²) in [4.78, 5) is 24.4. The van der Waals surface area contributed by atoms with E-state index in [4.69, 9.17) is 4.74 Å². The Labute approximate surface area is 102 Å². The molecule has 5 heteroatoms. The second-order valence-electron chi connectivity index (χ2n) is 6.27. The number of carbonyl (C=O) groups excluding carboxylic acids is 1. The molecule has 0 heterocycles. The summed E-state index contributed by atoms with van der Waals surface area (Å²) < 4.78 is 5.19. The van der Waals surface area contributed by atoms with E-state index in [-0.39, 0.29) is 0 Å². The van der Waals surface area contributed by atoms with Crippen LogP contribution in [0.2, 0.25) is 0 Å². The van der Waals surface area contributed by atoms with Gasteiger partial charge in [0.15, 0.2) is 0 Å². The van der Waals surface area contributed by atoms with E-state index in [0.29, 0.717) is 6.42 Å². The number of hydrogen-bond acceptors (Lipinski definition) is 3. The molecule has 1 rings (SSSR count). The zero-order valence-corrected chi connectivity index (χ0v) is 11.3. The molecule has 0 saturated heterocycles. The Morgan fingerprint density at radius 2 is 1.71 bits per heavy atom. The van der Waals surface area contributed by atoms with Crippen molar-refractivity contribution in [1.29, 1.82) is 0 Å². The van der Waals surface area contributed by atoms with E-state index in [1.807, 2.05) is 13.8 Å². The number of carbonyl (C=O) groups is 2. The van der Waals surface area contributed by atoms with Gasteiger partial charge in [-0.3, -0.25) is 4.90 Å². The zero-order chi connectivity index (χ0) is 13.6. The highest BCUT2D eigenvalue weighted by atomic mass is 16.6. The van der Waals surface area contributed by atoms with Gasteiger partial charge in [-0.05, 0) is 27.2 Å². The summed E-state index contributed by atoms with van der Waals surface area (Å²) in [5.41, 5.74) is -2.16. The highest BCUT2D eigenvalue weighted by molar-refractivity contribution is 5.89. The van der Waals surface area contributed by atoms with Gasteiger partial charge in [-0.25, -0.2) is 9.59 Å². The Balaban J connectivity index is 2.87. The van der Waals surface area contributed by atoms with Crippen LogP contribution in [0.25, 0.3) is 0 Å². The molecule has 1 unspecified atom stereocenters. The van der Waals surface area contributed by atoms with Crippen molar-refractivity contribution >= 4 is 12.1 Å². The molecule has 5 nitrogen and oxygen atoms in total. The number of amides is 1. The van der Waals surface area contributed by atoms with Crippen molar-refractivity contribution in [3.05, 3.63) is 0 Å². The molecule has 0 aromatic carbocycles. The quantitative estimate of drug-likeness (QED) is 0.806. The minimum atomic E-state index is -1.13. The summed E-state index contributed by atoms with van der Waals surface area (Å²) in [6.07, 6.45) is -0.143. The van der Waals surface area contributed by atoms with Gasteiger partial charge in [0, 0.05) is 12.5 Å². The second kappa shape index (κ2) is 3.62. The Morgan fingerprint density at radius 3 is 1.94 bits per heavy atom. The van der Waals surface area contributed by atoms with Crippen LogP contribution in [-0.2, 0) is 9.53 Å². The van der Waals surface area contributed by atoms with Crippen LogP contribution in [0.1, 0.15) is 41.0 Å². The van der Waals surface area contributed by atoms with E-state index in [2.05, 4.69) is 0 Å². The summed E-state index contributed by atoms with van der Waals surface area (Å²) in [5.74, 6) is -0.976. The fourth-order valence-corrected chi connectivity index (χ4v) is 2.16. The van der Waals surface area contributed by atoms with Crippen molar-refractivity contribution in [2.24, 2.45) is 5.41 Å². The molecule has 1 N–H and O–H groups in total. The lowest BCUT2D eigenvalue weighted by atomic mass is 10.0. The maximum absolute atomic E-state index is 11.9. The monoisotopic (exact) mass is 243 g/mol. The molecule has 1 fully saturated rings. The van der Waals surface area contributed by atoms with Crippen LogP contribution < -0.4 is 0 Å². The fraction of sp³-hybridized carbons (Fsp3) is 0.833. The summed E-state index contributed by atoms with van der Waals surface area (Å²) in [7, 11) is 1.48. The molecular weight excluding hydrogens is 222 g/mol. The minimum Gasteiger partial charge on any atom is -0.479 e. The molecule has 0 bridgehead atoms. The third-order valence-corrected chi connectivity index (χ3v) is 3.29. The van der Waals surface area contributed by atoms with Gasteiger partial charge >= 0.3 is 12.1 Å². The van der Waals surface area contributed by atoms with Gasteiger partial charge in [0.2, 0.25) is 0 Å². The molecule has 1 atom stereocenters. The number of likely N-dealkylation sites (N-methyl/N-ethyl adjacent to an activating group) is 1. The molecule has 98 valence electrons. The van der Waals surface area contributed by atoms with Gasteiger partial charge in [-0.1, -0.05) is 13.8 Å². The van der Waals surface area contributed by atoms with Crippen LogP contribution >= 0.6 is 0 Å². The van der Waals surface area contributed by atoms with Crippen molar-refractivity contribution < 1.29 is 19.4 Å². The van der Waals surface area contributed by atoms with Crippen molar-refractivity contribution in [3.63, 3.8) is 0 Å². The summed E-state index contributed by atoms with van der Waals surface area (Å²) in [6, 6.07) is 0. The molecule has 1 saturated carbocycles. The minimum absolute atomic E-state index is 0.412. The number of aliphatic carboxylic acids is 1. The van der Waals surface area contributed by atoms with Gasteiger partial charge in [-0.2, -0.15) is 0 Å². The maximum atomic E-state index is 11.9. The standard InChI is InChI=1S/C12H21NO4/c1-10(2,3)17-9(16)13(6)12(8(14)15)7-11(12,4)5/h7H2,1-6H3,(H,14,15). The molecule has 17 heavy (non-hydrogen) atoms. The van der Waals surface area contributed by atoms with Crippen molar-refractivity contribution in [2.75, 3.05) is 7.05 Å². The van der Waals surface area contributed by atoms with Crippen LogP contribution in [-0.4, -0.2) is 40.3 Å². The lowest BCUT2D eigenvalue weighted by Gasteiger charge is -2.30. The molecule has 0 radical (unpaired) electrons. The predicted molar refractivity (Wildman–Crippen MR) is 62.8 cm³/mol. The molecule has 0 spiro atoms. The van der Waals surface area contributed by atoms with Crippen LogP contribution in [0, 0.1) is 5.41 Å². The van der Waals surface area contributed by atoms with Gasteiger partial charge in [0.1, 0.15) is 11.1 Å². The lowest BCUT2D eigenvalue weighted by molar-refractivity contribution is -0.145. The lowest BCUT2D eigenvalue weighted by Crippen LogP contribution is -2.49. The molecular formula is C12H21NO4. The molecule has 1 aliphatic rings. The first-order chi connectivity index (χ1) is 7.44. The highest BCUT2D eigenvalue weighted by Crippen LogP contribution is 2.59. The first-order valence-corrected chi connectivity index (χ1v) is 5.64. The number of carboxylic acid groups (broad SMARTS) is 1. The summed E-state index contributed by atoms with van der Waals surface area (Å²) >= 11 is 0. The topological polar surface area (TPSA) is 66.8 Å². The third kappa shape index (κ3) is 2.23. The molecule has 0 aliphatic heterocycles. The Bertz CT molecular complexity index is 356. The highest BCUT2D eigenvalue weighted by Gasteiger charge is 2.71. The number of ether oxygens (including phenoxy) is 1. The zero-order valence-electron chi connectivity index (χ0n) is 11.3. The molecule has 0 aromatic heterocycles. The van der Waals surface area contributed by atoms with E-state index >= 15 is 0 Å². The number of nitrogens with zero attached hydrogens (tertiary/aromatic N) is 1. The molecule has 1 amide bonds. The largest absolute Gasteiger partial charge is 0.479 e. The predicted octanol–water partition coefficient (Wildman–Crippen LogP) is 2.11. The van der Waals surface area contributed by atoms with Crippen molar-refractivity contribution in [1.82, 2.24) is 4.90 Å². The fourth-order valence-electron chi connectivity index (χ4n) is 2.16. The van der Waals surface area contributed by atoms with E-state index in [0.717, 1.165) is 0 Å². The number of rotatable bonds is 2. The van der Waals surface area contributed by atoms with E-state index in [1.165, 1.54) is 11.9 Å². The number of carboxylic acids is 1. The third-order valence-electron chi connectivity index (χ3n) is 3.29. The normalized spacial score (nSPS) is 26.2. The molecule has 0 aromatic rings. The van der Waals surface area contributed by atoms with Crippen LogP contribution in [0.15, 0.2) is 0 Å². The van der Waals surface area contributed by atoms with E-state index < -0.39 is 28.6 Å².